The van der Waals surface area contributed by atoms with E-state index < -0.39 is 36.6 Å². The Balaban J connectivity index is 5.18. The van der Waals surface area contributed by atoms with Gasteiger partial charge < -0.3 is 18.9 Å². The summed E-state index contributed by atoms with van der Waals surface area (Å²) in [4.78, 5) is 45.9. The lowest BCUT2D eigenvalue weighted by Gasteiger charge is -2.27. The van der Waals surface area contributed by atoms with Gasteiger partial charge in [-0.05, 0) is 20.8 Å². The third-order valence-corrected chi connectivity index (χ3v) is 2.23. The topological polar surface area (TPSA) is 141 Å². The van der Waals surface area contributed by atoms with Crippen molar-refractivity contribution in [2.45, 2.75) is 40.1 Å². The molecule has 11 heteroatoms. The van der Waals surface area contributed by atoms with E-state index in [2.05, 4.69) is 20.7 Å². The predicted molar refractivity (Wildman–Crippen MR) is 79.8 cm³/mol. The highest BCUT2D eigenvalue weighted by molar-refractivity contribution is 5.73. The highest BCUT2D eigenvalue weighted by Gasteiger charge is 2.30. The zero-order valence-corrected chi connectivity index (χ0v) is 14.0. The molecule has 0 aromatic heterocycles. The first-order valence-electron chi connectivity index (χ1n) is 7.31. The molecule has 0 aromatic rings. The number of esters is 1. The molecule has 0 rings (SSSR count). The first kappa shape index (κ1) is 21.3. The van der Waals surface area contributed by atoms with Crippen LogP contribution in [0.25, 0.3) is 0 Å². The van der Waals surface area contributed by atoms with Gasteiger partial charge >= 0.3 is 24.2 Å². The van der Waals surface area contributed by atoms with Gasteiger partial charge in [-0.2, -0.15) is 0 Å². The van der Waals surface area contributed by atoms with Gasteiger partial charge in [0.2, 0.25) is 6.23 Å². The lowest BCUT2D eigenvalue weighted by molar-refractivity contribution is -0.149. The second-order valence-electron chi connectivity index (χ2n) is 4.10. The van der Waals surface area contributed by atoms with Crippen LogP contribution in [0.5, 0.6) is 0 Å². The number of carbonyl (C=O) groups is 4. The van der Waals surface area contributed by atoms with Gasteiger partial charge in [0.1, 0.15) is 0 Å². The number of rotatable bonds is 8. The molecule has 24 heavy (non-hydrogen) atoms. The first-order valence-corrected chi connectivity index (χ1v) is 7.31. The van der Waals surface area contributed by atoms with Crippen LogP contribution in [-0.4, -0.2) is 56.5 Å². The zero-order chi connectivity index (χ0) is 18.5. The Morgan fingerprint density at radius 2 is 1.12 bits per heavy atom. The minimum Gasteiger partial charge on any atom is -0.450 e. The molecule has 0 saturated carbocycles. The smallest absolute Gasteiger partial charge is 0.410 e. The maximum absolute atomic E-state index is 11.6. The average molecular weight is 349 g/mol. The van der Waals surface area contributed by atoms with Crippen LogP contribution in [0.1, 0.15) is 27.7 Å². The number of amides is 3. The molecule has 0 aliphatic carbocycles. The van der Waals surface area contributed by atoms with E-state index in [-0.39, 0.29) is 19.8 Å². The fraction of sp³-hybridized carbons (Fsp3) is 0.692. The van der Waals surface area contributed by atoms with E-state index >= 15 is 0 Å². The molecule has 0 aromatic carbocycles. The van der Waals surface area contributed by atoms with Crippen LogP contribution in [0.15, 0.2) is 0 Å². The monoisotopic (exact) mass is 349 g/mol. The first-order chi connectivity index (χ1) is 11.3. The lowest BCUT2D eigenvalue weighted by atomic mass is 10.4. The molecule has 0 aliphatic rings. The Labute approximate surface area is 139 Å². The molecule has 1 unspecified atom stereocenters. The third kappa shape index (κ3) is 9.33. The highest BCUT2D eigenvalue weighted by Crippen LogP contribution is 1.99. The molecular weight excluding hydrogens is 326 g/mol. The van der Waals surface area contributed by atoms with Gasteiger partial charge in [0.15, 0.2) is 6.17 Å². The second-order valence-corrected chi connectivity index (χ2v) is 4.10. The van der Waals surface area contributed by atoms with Crippen LogP contribution < -0.4 is 16.0 Å². The summed E-state index contributed by atoms with van der Waals surface area (Å²) in [6, 6.07) is 0. The fourth-order valence-electron chi connectivity index (χ4n) is 1.44. The van der Waals surface area contributed by atoms with Gasteiger partial charge in [0.25, 0.3) is 0 Å². The van der Waals surface area contributed by atoms with Crippen molar-refractivity contribution in [1.82, 2.24) is 16.0 Å². The predicted octanol–water partition coefficient (Wildman–Crippen LogP) is 0.440. The molecule has 0 spiro atoms. The summed E-state index contributed by atoms with van der Waals surface area (Å²) in [5.41, 5.74) is 0. The number of hydrogen-bond donors (Lipinski definition) is 3. The largest absolute Gasteiger partial charge is 0.450 e. The van der Waals surface area contributed by atoms with Crippen molar-refractivity contribution in [3.63, 3.8) is 0 Å². The van der Waals surface area contributed by atoms with E-state index in [4.69, 9.17) is 14.2 Å². The number of alkyl carbamates (subject to hydrolysis) is 3. The highest BCUT2D eigenvalue weighted by atomic mass is 16.6. The maximum Gasteiger partial charge on any atom is 0.410 e. The quantitative estimate of drug-likeness (QED) is 0.325. The summed E-state index contributed by atoms with van der Waals surface area (Å²) in [5.74, 6) is -0.766. The number of ether oxygens (including phenoxy) is 4. The van der Waals surface area contributed by atoms with Gasteiger partial charge in [-0.15, -0.1) is 0 Å². The lowest BCUT2D eigenvalue weighted by Crippen LogP contribution is -2.61. The molecule has 1 atom stereocenters. The van der Waals surface area contributed by atoms with Crippen LogP contribution >= 0.6 is 0 Å². The van der Waals surface area contributed by atoms with Crippen molar-refractivity contribution in [3.8, 4) is 0 Å². The Hall–Kier alpha value is -2.72. The molecule has 3 N–H and O–H groups in total. The van der Waals surface area contributed by atoms with E-state index in [0.717, 1.165) is 6.92 Å². The van der Waals surface area contributed by atoms with E-state index in [9.17, 15) is 19.2 Å². The Morgan fingerprint density at radius 3 is 1.46 bits per heavy atom. The SMILES string of the molecule is CCOC(=O)NC(NC(=O)OCC)C(NC(=O)OCC)OC(C)=O. The summed E-state index contributed by atoms with van der Waals surface area (Å²) < 4.78 is 19.0. The van der Waals surface area contributed by atoms with Crippen LogP contribution in [0.3, 0.4) is 0 Å². The van der Waals surface area contributed by atoms with Gasteiger partial charge in [-0.3, -0.25) is 20.7 Å². The maximum atomic E-state index is 11.6. The van der Waals surface area contributed by atoms with E-state index in [0.29, 0.717) is 0 Å². The molecule has 0 heterocycles. The van der Waals surface area contributed by atoms with Crippen molar-refractivity contribution in [2.24, 2.45) is 0 Å². The number of hydrogen-bond acceptors (Lipinski definition) is 8. The van der Waals surface area contributed by atoms with Gasteiger partial charge in [0, 0.05) is 6.92 Å². The number of nitrogens with one attached hydrogen (secondary N) is 3. The van der Waals surface area contributed by atoms with Gasteiger partial charge in [-0.25, -0.2) is 14.4 Å². The summed E-state index contributed by atoms with van der Waals surface area (Å²) in [5, 5.41) is 6.68. The van der Waals surface area contributed by atoms with Crippen LogP contribution in [0.4, 0.5) is 14.4 Å². The minimum absolute atomic E-state index is 0.0693. The molecule has 138 valence electrons. The summed E-state index contributed by atoms with van der Waals surface area (Å²) >= 11 is 0. The Kier molecular flexibility index (Phi) is 10.5. The summed E-state index contributed by atoms with van der Waals surface area (Å²) in [7, 11) is 0. The van der Waals surface area contributed by atoms with Crippen molar-refractivity contribution >= 4 is 24.2 Å². The third-order valence-electron chi connectivity index (χ3n) is 2.23. The molecule has 3 amide bonds. The molecule has 11 nitrogen and oxygen atoms in total. The summed E-state index contributed by atoms with van der Waals surface area (Å²) in [6.45, 7) is 6.03. The zero-order valence-electron chi connectivity index (χ0n) is 14.0. The average Bonchev–Trinajstić information content (AvgIpc) is 2.46. The fourth-order valence-corrected chi connectivity index (χ4v) is 1.44. The molecule has 0 fully saturated rings. The standard InChI is InChI=1S/C13H23N3O8/c1-5-21-11(18)14-9(15-12(19)22-6-2)10(24-8(4)17)16-13(20)23-7-3/h9-10H,5-7H2,1-4H3,(H,14,18)(H,15,19)(H,16,20). The molecule has 0 radical (unpaired) electrons. The summed E-state index contributed by atoms with van der Waals surface area (Å²) in [6.07, 6.45) is -5.51. The Morgan fingerprint density at radius 1 is 0.750 bits per heavy atom. The molecule has 0 bridgehead atoms. The van der Waals surface area contributed by atoms with Crippen LogP contribution in [0, 0.1) is 0 Å². The van der Waals surface area contributed by atoms with E-state index in [1.165, 1.54) is 0 Å². The molecule has 0 aliphatic heterocycles. The van der Waals surface area contributed by atoms with Crippen molar-refractivity contribution in [1.29, 1.82) is 0 Å². The normalized spacial score (nSPS) is 11.0. The van der Waals surface area contributed by atoms with Crippen molar-refractivity contribution in [3.05, 3.63) is 0 Å². The van der Waals surface area contributed by atoms with Crippen LogP contribution in [-0.2, 0) is 23.7 Å². The minimum atomic E-state index is -1.45. The van der Waals surface area contributed by atoms with Gasteiger partial charge in [0.05, 0.1) is 19.8 Å². The Bertz CT molecular complexity index is 423. The second kappa shape index (κ2) is 11.8. The van der Waals surface area contributed by atoms with Gasteiger partial charge in [-0.1, -0.05) is 0 Å². The van der Waals surface area contributed by atoms with Crippen molar-refractivity contribution < 1.29 is 38.1 Å². The molecular formula is C13H23N3O8. The molecule has 0 saturated heterocycles. The van der Waals surface area contributed by atoms with Crippen molar-refractivity contribution in [2.75, 3.05) is 19.8 Å². The number of carbonyl (C=O) groups excluding carboxylic acids is 4. The van der Waals surface area contributed by atoms with Crippen LogP contribution in [0.2, 0.25) is 0 Å². The van der Waals surface area contributed by atoms with E-state index in [1.807, 2.05) is 0 Å². The van der Waals surface area contributed by atoms with E-state index in [1.54, 1.807) is 20.8 Å².